The fourth-order valence-electron chi connectivity index (χ4n) is 4.84. The monoisotopic (exact) mass is 227 g/mol. The van der Waals surface area contributed by atoms with Crippen LogP contribution in [0.1, 0.15) is 56.2 Å². The quantitative estimate of drug-likeness (QED) is 0.711. The number of fused-ring (bicyclic) bond motifs is 7. The number of nitrogens with one attached hydrogen (secondary N) is 1. The Bertz CT molecular complexity index is 453. The van der Waals surface area contributed by atoms with Gasteiger partial charge in [0.2, 0.25) is 0 Å². The summed E-state index contributed by atoms with van der Waals surface area (Å²) in [6.45, 7) is 2.45. The molecule has 4 rings (SSSR count). The van der Waals surface area contributed by atoms with Crippen LogP contribution in [-0.2, 0) is 5.54 Å². The first-order valence-corrected chi connectivity index (χ1v) is 7.16. The van der Waals surface area contributed by atoms with E-state index in [1.54, 1.807) is 11.1 Å². The van der Waals surface area contributed by atoms with Crippen LogP contribution in [0.2, 0.25) is 0 Å². The summed E-state index contributed by atoms with van der Waals surface area (Å²) < 4.78 is 0. The van der Waals surface area contributed by atoms with Crippen LogP contribution >= 0.6 is 0 Å². The molecule has 1 aliphatic carbocycles. The molecule has 0 spiro atoms. The Kier molecular flexibility index (Phi) is 2.00. The van der Waals surface area contributed by atoms with Crippen LogP contribution < -0.4 is 5.32 Å². The maximum absolute atomic E-state index is 3.93. The van der Waals surface area contributed by atoms with Gasteiger partial charge in [-0.25, -0.2) is 0 Å². The highest BCUT2D eigenvalue weighted by atomic mass is 15.1. The second-order valence-electron chi connectivity index (χ2n) is 6.37. The number of benzene rings is 1. The Morgan fingerprint density at radius 3 is 2.94 bits per heavy atom. The van der Waals surface area contributed by atoms with E-state index in [1.165, 1.54) is 32.1 Å². The van der Waals surface area contributed by atoms with Crippen LogP contribution in [0.3, 0.4) is 0 Å². The van der Waals surface area contributed by atoms with Crippen molar-refractivity contribution in [3.8, 4) is 0 Å². The minimum Gasteiger partial charge on any atom is -0.300 e. The molecule has 1 nitrogen and oxygen atoms in total. The van der Waals surface area contributed by atoms with Gasteiger partial charge in [0.1, 0.15) is 0 Å². The third-order valence-corrected chi connectivity index (χ3v) is 5.56. The number of hydrogen-bond donors (Lipinski definition) is 1. The fraction of sp³-hybridized carbons (Fsp3) is 0.625. The molecule has 4 unspecified atom stereocenters. The molecule has 3 aliphatic rings. The molecule has 2 aliphatic heterocycles. The minimum atomic E-state index is 0.268. The molecule has 1 N–H and O–H groups in total. The molecule has 2 fully saturated rings. The van der Waals surface area contributed by atoms with E-state index in [4.69, 9.17) is 0 Å². The minimum absolute atomic E-state index is 0.268. The second kappa shape index (κ2) is 3.35. The van der Waals surface area contributed by atoms with E-state index in [0.717, 1.165) is 11.8 Å². The Morgan fingerprint density at radius 2 is 2.00 bits per heavy atom. The van der Waals surface area contributed by atoms with Crippen molar-refractivity contribution in [2.75, 3.05) is 0 Å². The Morgan fingerprint density at radius 1 is 1.18 bits per heavy atom. The van der Waals surface area contributed by atoms with Gasteiger partial charge < -0.3 is 5.32 Å². The lowest BCUT2D eigenvalue weighted by Crippen LogP contribution is -2.50. The van der Waals surface area contributed by atoms with Gasteiger partial charge in [0.05, 0.1) is 0 Å². The zero-order valence-corrected chi connectivity index (χ0v) is 10.6. The molecule has 1 aromatic rings. The highest BCUT2D eigenvalue weighted by Crippen LogP contribution is 2.55. The van der Waals surface area contributed by atoms with Gasteiger partial charge in [-0.05, 0) is 42.7 Å². The van der Waals surface area contributed by atoms with E-state index in [1.807, 2.05) is 0 Å². The molecule has 1 saturated heterocycles. The third kappa shape index (κ3) is 1.24. The van der Waals surface area contributed by atoms with Gasteiger partial charge in [-0.15, -0.1) is 0 Å². The van der Waals surface area contributed by atoms with E-state index in [0.29, 0.717) is 6.04 Å². The molecule has 1 heteroatoms. The average molecular weight is 227 g/mol. The molecule has 2 bridgehead atoms. The maximum Gasteiger partial charge on any atom is 0.0445 e. The SMILES string of the molecule is CC12NC(CC3CCCCC31)c1ccccc12. The molecule has 2 heterocycles. The predicted molar refractivity (Wildman–Crippen MR) is 69.7 cm³/mol. The van der Waals surface area contributed by atoms with Gasteiger partial charge in [-0.3, -0.25) is 0 Å². The van der Waals surface area contributed by atoms with Crippen LogP contribution in [0.25, 0.3) is 0 Å². The van der Waals surface area contributed by atoms with Crippen molar-refractivity contribution >= 4 is 0 Å². The van der Waals surface area contributed by atoms with Crippen molar-refractivity contribution in [1.29, 1.82) is 0 Å². The lowest BCUT2D eigenvalue weighted by Gasteiger charge is -2.47. The highest BCUT2D eigenvalue weighted by Gasteiger charge is 2.52. The summed E-state index contributed by atoms with van der Waals surface area (Å²) in [5.41, 5.74) is 3.45. The Hall–Kier alpha value is -0.820. The van der Waals surface area contributed by atoms with Gasteiger partial charge in [-0.1, -0.05) is 43.5 Å². The van der Waals surface area contributed by atoms with Gasteiger partial charge in [0.15, 0.2) is 0 Å². The standard InChI is InChI=1S/C16H21N/c1-16-13-8-4-2-6-11(13)10-15(17-16)12-7-3-5-9-14(12)16/h3,5,7,9,11,13,15,17H,2,4,6,8,10H2,1H3. The molecule has 0 radical (unpaired) electrons. The molecule has 17 heavy (non-hydrogen) atoms. The molecular formula is C16H21N. The van der Waals surface area contributed by atoms with Gasteiger partial charge in [-0.2, -0.15) is 0 Å². The summed E-state index contributed by atoms with van der Waals surface area (Å²) in [6, 6.07) is 9.75. The largest absolute Gasteiger partial charge is 0.300 e. The van der Waals surface area contributed by atoms with Gasteiger partial charge in [0.25, 0.3) is 0 Å². The normalized spacial score (nSPS) is 43.0. The van der Waals surface area contributed by atoms with Crippen LogP contribution in [0.5, 0.6) is 0 Å². The van der Waals surface area contributed by atoms with Crippen molar-refractivity contribution in [2.24, 2.45) is 11.8 Å². The van der Waals surface area contributed by atoms with Crippen LogP contribution in [0.15, 0.2) is 24.3 Å². The summed E-state index contributed by atoms with van der Waals surface area (Å²) in [5, 5.41) is 3.93. The summed E-state index contributed by atoms with van der Waals surface area (Å²) in [5.74, 6) is 1.84. The smallest absolute Gasteiger partial charge is 0.0445 e. The van der Waals surface area contributed by atoms with Crippen molar-refractivity contribution in [2.45, 2.75) is 50.6 Å². The van der Waals surface area contributed by atoms with Crippen LogP contribution in [-0.4, -0.2) is 0 Å². The van der Waals surface area contributed by atoms with E-state index in [-0.39, 0.29) is 5.54 Å². The van der Waals surface area contributed by atoms with Crippen LogP contribution in [0.4, 0.5) is 0 Å². The summed E-state index contributed by atoms with van der Waals surface area (Å²) >= 11 is 0. The van der Waals surface area contributed by atoms with E-state index in [2.05, 4.69) is 36.5 Å². The summed E-state index contributed by atoms with van der Waals surface area (Å²) in [4.78, 5) is 0. The lowest BCUT2D eigenvalue weighted by atomic mass is 9.65. The maximum atomic E-state index is 3.93. The molecular weight excluding hydrogens is 206 g/mol. The van der Waals surface area contributed by atoms with E-state index >= 15 is 0 Å². The molecule has 90 valence electrons. The first-order chi connectivity index (χ1) is 8.29. The van der Waals surface area contributed by atoms with E-state index in [9.17, 15) is 0 Å². The summed E-state index contributed by atoms with van der Waals surface area (Å²) in [6.07, 6.45) is 7.16. The van der Waals surface area contributed by atoms with Crippen LogP contribution in [0, 0.1) is 11.8 Å². The van der Waals surface area contributed by atoms with Gasteiger partial charge in [0, 0.05) is 11.6 Å². The lowest BCUT2D eigenvalue weighted by molar-refractivity contribution is 0.0591. The highest BCUT2D eigenvalue weighted by molar-refractivity contribution is 5.43. The Balaban J connectivity index is 1.85. The molecule has 0 aromatic heterocycles. The number of rotatable bonds is 0. The molecule has 4 atom stereocenters. The fourth-order valence-corrected chi connectivity index (χ4v) is 4.84. The Labute approximate surface area is 104 Å². The van der Waals surface area contributed by atoms with Gasteiger partial charge >= 0.3 is 0 Å². The van der Waals surface area contributed by atoms with Crippen molar-refractivity contribution in [3.05, 3.63) is 35.4 Å². The first-order valence-electron chi connectivity index (χ1n) is 7.16. The van der Waals surface area contributed by atoms with Crippen molar-refractivity contribution < 1.29 is 0 Å². The molecule has 1 saturated carbocycles. The summed E-state index contributed by atoms with van der Waals surface area (Å²) in [7, 11) is 0. The van der Waals surface area contributed by atoms with E-state index < -0.39 is 0 Å². The molecule has 0 amide bonds. The number of piperidine rings is 1. The van der Waals surface area contributed by atoms with Crippen molar-refractivity contribution in [3.63, 3.8) is 0 Å². The molecule has 1 aromatic carbocycles. The second-order valence-corrected chi connectivity index (χ2v) is 6.37. The predicted octanol–water partition coefficient (Wildman–Crippen LogP) is 3.76. The third-order valence-electron chi connectivity index (χ3n) is 5.56. The number of hydrogen-bond acceptors (Lipinski definition) is 1. The average Bonchev–Trinajstić information content (AvgIpc) is 2.61. The zero-order chi connectivity index (χ0) is 11.5. The first kappa shape index (κ1) is 10.1. The van der Waals surface area contributed by atoms with Crippen molar-refractivity contribution in [1.82, 2.24) is 5.32 Å². The topological polar surface area (TPSA) is 12.0 Å². The zero-order valence-electron chi connectivity index (χ0n) is 10.6.